The summed E-state index contributed by atoms with van der Waals surface area (Å²) in [5.74, 6) is -0.296. The van der Waals surface area contributed by atoms with Gasteiger partial charge in [0.1, 0.15) is 23.3 Å². The number of nitrogens with zero attached hydrogens (tertiary/aromatic N) is 2. The van der Waals surface area contributed by atoms with E-state index in [4.69, 9.17) is 4.74 Å². The molecule has 150 valence electrons. The van der Waals surface area contributed by atoms with Crippen LogP contribution in [0.5, 0.6) is 0 Å². The van der Waals surface area contributed by atoms with Crippen LogP contribution in [-0.2, 0) is 22.4 Å². The van der Waals surface area contributed by atoms with Crippen LogP contribution in [0.1, 0.15) is 27.3 Å². The summed E-state index contributed by atoms with van der Waals surface area (Å²) in [7, 11) is 0. The average Bonchev–Trinajstić information content (AvgIpc) is 3.30. The number of likely N-dealkylation sites (tertiary alicyclic amines) is 1. The van der Waals surface area contributed by atoms with Crippen LogP contribution in [0.3, 0.4) is 0 Å². The molecule has 1 atom stereocenters. The van der Waals surface area contributed by atoms with E-state index >= 15 is 0 Å². The first-order chi connectivity index (χ1) is 14.0. The van der Waals surface area contributed by atoms with Crippen molar-refractivity contribution in [2.75, 3.05) is 18.4 Å². The van der Waals surface area contributed by atoms with Crippen LogP contribution in [0.15, 0.2) is 23.6 Å². The lowest BCUT2D eigenvalue weighted by Crippen LogP contribution is -2.52. The third-order valence-corrected chi connectivity index (χ3v) is 6.88. The fraction of sp³-hybridized carbons (Fsp3) is 0.350. The van der Waals surface area contributed by atoms with Crippen LogP contribution < -0.4 is 5.32 Å². The van der Waals surface area contributed by atoms with E-state index in [2.05, 4.69) is 11.4 Å². The molecule has 0 saturated carbocycles. The standard InChI is InChI=1S/C20H18FN3O3S2/c21-12-10-24(11-12)20(26)27-13-3-5-15-16(9-22)19(29-17(15)8-13)23-18(25)6-4-14-2-1-7-28-14/h1-2,4,6-7,12-13H,3,5,8,10-11H2,(H,23,25)/b6-4+. The van der Waals surface area contributed by atoms with Crippen molar-refractivity contribution in [3.8, 4) is 6.07 Å². The van der Waals surface area contributed by atoms with E-state index in [-0.39, 0.29) is 25.1 Å². The molecular formula is C20H18FN3O3S2. The molecule has 3 heterocycles. The van der Waals surface area contributed by atoms with Gasteiger partial charge in [-0.2, -0.15) is 5.26 Å². The van der Waals surface area contributed by atoms with Gasteiger partial charge in [-0.25, -0.2) is 9.18 Å². The number of fused-ring (bicyclic) bond motifs is 1. The number of rotatable bonds is 4. The number of alkyl halides is 1. The summed E-state index contributed by atoms with van der Waals surface area (Å²) >= 11 is 2.88. The predicted octanol–water partition coefficient (Wildman–Crippen LogP) is 3.98. The van der Waals surface area contributed by atoms with E-state index in [9.17, 15) is 19.2 Å². The summed E-state index contributed by atoms with van der Waals surface area (Å²) < 4.78 is 18.4. The SMILES string of the molecule is N#Cc1c(NC(=O)/C=C/c2cccs2)sc2c1CCC(OC(=O)N1CC(F)C1)C2. The molecular weight excluding hydrogens is 413 g/mol. The highest BCUT2D eigenvalue weighted by molar-refractivity contribution is 7.16. The first-order valence-corrected chi connectivity index (χ1v) is 10.9. The minimum atomic E-state index is -0.962. The van der Waals surface area contributed by atoms with Gasteiger partial charge in [0.15, 0.2) is 0 Å². The molecule has 1 N–H and O–H groups in total. The number of hydrogen-bond acceptors (Lipinski definition) is 6. The second-order valence-electron chi connectivity index (χ2n) is 6.91. The van der Waals surface area contributed by atoms with E-state index in [1.165, 1.54) is 33.6 Å². The number of hydrogen-bond donors (Lipinski definition) is 1. The monoisotopic (exact) mass is 431 g/mol. The zero-order valence-electron chi connectivity index (χ0n) is 15.4. The van der Waals surface area contributed by atoms with Crippen molar-refractivity contribution in [2.24, 2.45) is 0 Å². The second kappa shape index (κ2) is 8.35. The summed E-state index contributed by atoms with van der Waals surface area (Å²) in [6.07, 6.45) is 3.11. The third-order valence-electron chi connectivity index (χ3n) is 4.87. The van der Waals surface area contributed by atoms with E-state index in [1.54, 1.807) is 6.08 Å². The van der Waals surface area contributed by atoms with Gasteiger partial charge in [0.25, 0.3) is 0 Å². The number of anilines is 1. The average molecular weight is 432 g/mol. The molecule has 2 aromatic heterocycles. The lowest BCUT2D eigenvalue weighted by molar-refractivity contribution is -0.111. The largest absolute Gasteiger partial charge is 0.446 e. The Balaban J connectivity index is 1.41. The van der Waals surface area contributed by atoms with Crippen LogP contribution in [0.2, 0.25) is 0 Å². The van der Waals surface area contributed by atoms with Gasteiger partial charge in [-0.1, -0.05) is 6.07 Å². The van der Waals surface area contributed by atoms with Crippen LogP contribution in [0.4, 0.5) is 14.2 Å². The van der Waals surface area contributed by atoms with Crippen molar-refractivity contribution >= 4 is 45.8 Å². The maximum absolute atomic E-state index is 12.9. The van der Waals surface area contributed by atoms with Crippen molar-refractivity contribution in [1.29, 1.82) is 5.26 Å². The molecule has 0 spiro atoms. The smallest absolute Gasteiger partial charge is 0.410 e. The Bertz CT molecular complexity index is 988. The molecule has 0 aromatic carbocycles. The molecule has 2 amide bonds. The van der Waals surface area contributed by atoms with Crippen molar-refractivity contribution in [3.05, 3.63) is 44.5 Å². The van der Waals surface area contributed by atoms with E-state index in [0.29, 0.717) is 29.8 Å². The highest BCUT2D eigenvalue weighted by Crippen LogP contribution is 2.38. The van der Waals surface area contributed by atoms with Gasteiger partial charge >= 0.3 is 6.09 Å². The lowest BCUT2D eigenvalue weighted by Gasteiger charge is -2.35. The zero-order valence-corrected chi connectivity index (χ0v) is 17.0. The number of nitriles is 1. The predicted molar refractivity (Wildman–Crippen MR) is 110 cm³/mol. The Hall–Kier alpha value is -2.70. The highest BCUT2D eigenvalue weighted by Gasteiger charge is 2.34. The first-order valence-electron chi connectivity index (χ1n) is 9.20. The molecule has 1 aliphatic carbocycles. The zero-order chi connectivity index (χ0) is 20.4. The Morgan fingerprint density at radius 2 is 2.24 bits per heavy atom. The number of nitrogens with one attached hydrogen (secondary N) is 1. The molecule has 1 unspecified atom stereocenters. The fourth-order valence-corrected chi connectivity index (χ4v) is 5.23. The second-order valence-corrected chi connectivity index (χ2v) is 8.99. The number of carbonyl (C=O) groups excluding carboxylic acids is 2. The van der Waals surface area contributed by atoms with Crippen LogP contribution in [-0.4, -0.2) is 42.3 Å². The van der Waals surface area contributed by atoms with Gasteiger partial charge in [-0.3, -0.25) is 4.79 Å². The molecule has 9 heteroatoms. The Kier molecular flexibility index (Phi) is 5.65. The fourth-order valence-electron chi connectivity index (χ4n) is 3.35. The minimum absolute atomic E-state index is 0.0869. The van der Waals surface area contributed by atoms with E-state index < -0.39 is 12.3 Å². The van der Waals surface area contributed by atoms with Gasteiger partial charge in [0.2, 0.25) is 5.91 Å². The number of halogens is 1. The normalized spacial score (nSPS) is 18.8. The van der Waals surface area contributed by atoms with Crippen molar-refractivity contribution in [2.45, 2.75) is 31.5 Å². The summed E-state index contributed by atoms with van der Waals surface area (Å²) in [4.78, 5) is 27.5. The van der Waals surface area contributed by atoms with Crippen molar-refractivity contribution in [3.63, 3.8) is 0 Å². The molecule has 1 saturated heterocycles. The quantitative estimate of drug-likeness (QED) is 0.743. The van der Waals surface area contributed by atoms with E-state index in [0.717, 1.165) is 15.3 Å². The summed E-state index contributed by atoms with van der Waals surface area (Å²) in [5.41, 5.74) is 1.39. The van der Waals surface area contributed by atoms with Gasteiger partial charge < -0.3 is 15.0 Å². The highest BCUT2D eigenvalue weighted by atomic mass is 32.1. The number of ether oxygens (including phenoxy) is 1. The third kappa shape index (κ3) is 4.33. The molecule has 6 nitrogen and oxygen atoms in total. The van der Waals surface area contributed by atoms with Gasteiger partial charge in [-0.05, 0) is 35.9 Å². The Morgan fingerprint density at radius 3 is 2.93 bits per heavy atom. The van der Waals surface area contributed by atoms with Crippen molar-refractivity contribution < 1.29 is 18.7 Å². The molecule has 0 bridgehead atoms. The first kappa shape index (κ1) is 19.6. The minimum Gasteiger partial charge on any atom is -0.446 e. The molecule has 2 aromatic rings. The molecule has 1 fully saturated rings. The van der Waals surface area contributed by atoms with Crippen LogP contribution in [0, 0.1) is 11.3 Å². The maximum Gasteiger partial charge on any atom is 0.410 e. The molecule has 4 rings (SSSR count). The molecule has 29 heavy (non-hydrogen) atoms. The van der Waals surface area contributed by atoms with Crippen molar-refractivity contribution in [1.82, 2.24) is 4.90 Å². The number of amides is 2. The van der Waals surface area contributed by atoms with Crippen LogP contribution in [0.25, 0.3) is 6.08 Å². The summed E-state index contributed by atoms with van der Waals surface area (Å²) in [5, 5.41) is 14.8. The summed E-state index contributed by atoms with van der Waals surface area (Å²) in [6.45, 7) is 0.174. The summed E-state index contributed by atoms with van der Waals surface area (Å²) in [6, 6.07) is 6.01. The number of carbonyl (C=O) groups is 2. The molecule has 1 aliphatic heterocycles. The van der Waals surface area contributed by atoms with Gasteiger partial charge in [0, 0.05) is 22.3 Å². The molecule has 2 aliphatic rings. The Labute approximate surface area is 175 Å². The van der Waals surface area contributed by atoms with Gasteiger partial charge in [0.05, 0.1) is 18.7 Å². The van der Waals surface area contributed by atoms with E-state index in [1.807, 2.05) is 17.5 Å². The van der Waals surface area contributed by atoms with Crippen LogP contribution >= 0.6 is 22.7 Å². The Morgan fingerprint density at radius 1 is 1.41 bits per heavy atom. The topological polar surface area (TPSA) is 82.4 Å². The lowest BCUT2D eigenvalue weighted by atomic mass is 9.94. The number of thiophene rings is 2. The maximum atomic E-state index is 12.9. The van der Waals surface area contributed by atoms with Gasteiger partial charge in [-0.15, -0.1) is 22.7 Å². The molecule has 0 radical (unpaired) electrons.